The average molecular weight is 406 g/mol. The number of hydrogen-bond acceptors (Lipinski definition) is 2. The number of allylic oxidation sites excluding steroid dienone is 3. The standard InChI is InChI=1S/C20H18ClF2N3O2/c1-11(14-10-24-19(27)18-13(14)4-3-5-17(18)23)26(2)20(28)25-9-12-6-7-16(22)15(21)8-12/h3-4,6-8,10-11H,5,9H2,1-2H3,(H,25,28). The summed E-state index contributed by atoms with van der Waals surface area (Å²) in [6.45, 7) is 1.92. The minimum absolute atomic E-state index is 0.0195. The summed E-state index contributed by atoms with van der Waals surface area (Å²) in [5.41, 5.74) is 1.63. The number of aliphatic imine (C=N–C) groups is 1. The van der Waals surface area contributed by atoms with E-state index in [9.17, 15) is 18.4 Å². The van der Waals surface area contributed by atoms with Crippen LogP contribution in [0.5, 0.6) is 0 Å². The molecule has 5 nitrogen and oxygen atoms in total. The van der Waals surface area contributed by atoms with Gasteiger partial charge in [0, 0.05) is 31.8 Å². The van der Waals surface area contributed by atoms with Gasteiger partial charge in [-0.2, -0.15) is 0 Å². The molecule has 0 saturated heterocycles. The topological polar surface area (TPSA) is 61.8 Å². The van der Waals surface area contributed by atoms with Gasteiger partial charge in [0.2, 0.25) is 0 Å². The molecule has 0 spiro atoms. The van der Waals surface area contributed by atoms with E-state index in [-0.39, 0.29) is 23.6 Å². The number of nitrogens with one attached hydrogen (secondary N) is 1. The van der Waals surface area contributed by atoms with Gasteiger partial charge in [-0.25, -0.2) is 18.6 Å². The molecule has 1 atom stereocenters. The number of hydrogen-bond donors (Lipinski definition) is 1. The van der Waals surface area contributed by atoms with Gasteiger partial charge in [0.05, 0.1) is 16.6 Å². The highest BCUT2D eigenvalue weighted by Gasteiger charge is 2.30. The molecule has 0 bridgehead atoms. The molecule has 0 fully saturated rings. The minimum Gasteiger partial charge on any atom is -0.334 e. The summed E-state index contributed by atoms with van der Waals surface area (Å²) in [5.74, 6) is -1.67. The van der Waals surface area contributed by atoms with Crippen molar-refractivity contribution < 1.29 is 18.4 Å². The van der Waals surface area contributed by atoms with Crippen LogP contribution in [0.2, 0.25) is 5.02 Å². The first-order valence-corrected chi connectivity index (χ1v) is 9.00. The van der Waals surface area contributed by atoms with E-state index in [4.69, 9.17) is 11.6 Å². The van der Waals surface area contributed by atoms with Gasteiger partial charge in [0.25, 0.3) is 5.91 Å². The number of rotatable bonds is 4. The van der Waals surface area contributed by atoms with Crippen molar-refractivity contribution in [3.05, 3.63) is 69.3 Å². The molecule has 2 aliphatic rings. The third-order valence-electron chi connectivity index (χ3n) is 4.75. The summed E-state index contributed by atoms with van der Waals surface area (Å²) in [5, 5.41) is 2.70. The number of likely N-dealkylation sites (N-methyl/N-ethyl adjacent to an activating group) is 1. The van der Waals surface area contributed by atoms with Gasteiger partial charge in [-0.15, -0.1) is 0 Å². The maximum atomic E-state index is 14.1. The SMILES string of the molecule is CC(C1=C2C=CCC(F)=C2C(=O)N=C1)N(C)C(=O)NCc1ccc(F)c(Cl)c1. The Kier molecular flexibility index (Phi) is 5.74. The molecule has 1 aliphatic carbocycles. The smallest absolute Gasteiger partial charge is 0.317 e. The molecule has 146 valence electrons. The van der Waals surface area contributed by atoms with Crippen LogP contribution in [0.25, 0.3) is 0 Å². The van der Waals surface area contributed by atoms with Crippen LogP contribution in [-0.4, -0.2) is 36.1 Å². The first-order chi connectivity index (χ1) is 13.3. The predicted molar refractivity (Wildman–Crippen MR) is 103 cm³/mol. The summed E-state index contributed by atoms with van der Waals surface area (Å²) < 4.78 is 27.3. The highest BCUT2D eigenvalue weighted by Crippen LogP contribution is 2.32. The molecule has 0 saturated carbocycles. The molecule has 0 aromatic heterocycles. The molecule has 3 amide bonds. The fraction of sp³-hybridized carbons (Fsp3) is 0.250. The lowest BCUT2D eigenvalue weighted by Crippen LogP contribution is -2.43. The van der Waals surface area contributed by atoms with Gasteiger partial charge in [-0.1, -0.05) is 29.8 Å². The summed E-state index contributed by atoms with van der Waals surface area (Å²) in [4.78, 5) is 29.6. The Balaban J connectivity index is 1.74. The zero-order valence-electron chi connectivity index (χ0n) is 15.3. The van der Waals surface area contributed by atoms with E-state index in [0.29, 0.717) is 16.7 Å². The molecule has 1 N–H and O–H groups in total. The van der Waals surface area contributed by atoms with Gasteiger partial charge in [-0.3, -0.25) is 4.79 Å². The zero-order valence-corrected chi connectivity index (χ0v) is 16.1. The largest absolute Gasteiger partial charge is 0.334 e. The van der Waals surface area contributed by atoms with Crippen molar-refractivity contribution in [2.24, 2.45) is 4.99 Å². The summed E-state index contributed by atoms with van der Waals surface area (Å²) in [7, 11) is 1.59. The van der Waals surface area contributed by atoms with Crippen LogP contribution in [0, 0.1) is 5.82 Å². The summed E-state index contributed by atoms with van der Waals surface area (Å²) in [6, 6.07) is 3.35. The number of carbonyl (C=O) groups is 2. The van der Waals surface area contributed by atoms with Crippen LogP contribution in [0.1, 0.15) is 18.9 Å². The van der Waals surface area contributed by atoms with E-state index in [1.165, 1.54) is 29.3 Å². The van der Waals surface area contributed by atoms with E-state index < -0.39 is 29.6 Å². The van der Waals surface area contributed by atoms with Crippen LogP contribution in [0.4, 0.5) is 13.6 Å². The number of amides is 3. The maximum Gasteiger partial charge on any atom is 0.317 e. The molecule has 3 rings (SSSR count). The van der Waals surface area contributed by atoms with E-state index in [1.807, 2.05) is 0 Å². The number of nitrogens with zero attached hydrogens (tertiary/aromatic N) is 2. The van der Waals surface area contributed by atoms with Gasteiger partial charge in [-0.05, 0) is 30.2 Å². The van der Waals surface area contributed by atoms with Crippen molar-refractivity contribution in [2.45, 2.75) is 25.9 Å². The third kappa shape index (κ3) is 3.89. The van der Waals surface area contributed by atoms with Crippen molar-refractivity contribution in [1.29, 1.82) is 0 Å². The number of carbonyl (C=O) groups excluding carboxylic acids is 2. The van der Waals surface area contributed by atoms with Crippen molar-refractivity contribution in [2.75, 3.05) is 7.05 Å². The van der Waals surface area contributed by atoms with Crippen LogP contribution >= 0.6 is 11.6 Å². The highest BCUT2D eigenvalue weighted by molar-refractivity contribution is 6.30. The average Bonchev–Trinajstić information content (AvgIpc) is 2.68. The lowest BCUT2D eigenvalue weighted by Gasteiger charge is -2.29. The lowest BCUT2D eigenvalue weighted by atomic mass is 9.89. The number of fused-ring (bicyclic) bond motifs is 1. The monoisotopic (exact) mass is 405 g/mol. The van der Waals surface area contributed by atoms with Crippen molar-refractivity contribution in [3.63, 3.8) is 0 Å². The van der Waals surface area contributed by atoms with Crippen molar-refractivity contribution in [3.8, 4) is 0 Å². The Labute approximate surface area is 166 Å². The Morgan fingerprint density at radius 1 is 1.39 bits per heavy atom. The molecule has 1 aliphatic heterocycles. The second-order valence-corrected chi connectivity index (χ2v) is 6.92. The molecular weight excluding hydrogens is 388 g/mol. The van der Waals surface area contributed by atoms with E-state index in [2.05, 4.69) is 10.3 Å². The summed E-state index contributed by atoms with van der Waals surface area (Å²) >= 11 is 5.74. The first-order valence-electron chi connectivity index (χ1n) is 8.62. The fourth-order valence-corrected chi connectivity index (χ4v) is 3.22. The van der Waals surface area contributed by atoms with Crippen molar-refractivity contribution in [1.82, 2.24) is 10.2 Å². The molecule has 1 aromatic rings. The molecule has 1 aromatic carbocycles. The quantitative estimate of drug-likeness (QED) is 0.819. The molecular formula is C20H18ClF2N3O2. The van der Waals surface area contributed by atoms with Crippen LogP contribution in [0.15, 0.2) is 57.9 Å². The Morgan fingerprint density at radius 3 is 2.86 bits per heavy atom. The van der Waals surface area contributed by atoms with Gasteiger partial charge < -0.3 is 10.2 Å². The van der Waals surface area contributed by atoms with E-state index in [1.54, 1.807) is 26.1 Å². The Morgan fingerprint density at radius 2 is 2.14 bits per heavy atom. The second kappa shape index (κ2) is 8.06. The van der Waals surface area contributed by atoms with Crippen molar-refractivity contribution >= 4 is 29.8 Å². The second-order valence-electron chi connectivity index (χ2n) is 6.51. The predicted octanol–water partition coefficient (Wildman–Crippen LogP) is 4.10. The van der Waals surface area contributed by atoms with Crippen LogP contribution < -0.4 is 5.32 Å². The van der Waals surface area contributed by atoms with Gasteiger partial charge in [0.1, 0.15) is 11.6 Å². The van der Waals surface area contributed by atoms with Crippen LogP contribution in [-0.2, 0) is 11.3 Å². The van der Waals surface area contributed by atoms with E-state index >= 15 is 0 Å². The highest BCUT2D eigenvalue weighted by atomic mass is 35.5. The van der Waals surface area contributed by atoms with Crippen LogP contribution in [0.3, 0.4) is 0 Å². The molecule has 0 radical (unpaired) electrons. The van der Waals surface area contributed by atoms with Gasteiger partial charge in [0.15, 0.2) is 0 Å². The number of halogens is 3. The lowest BCUT2D eigenvalue weighted by molar-refractivity contribution is -0.114. The molecule has 28 heavy (non-hydrogen) atoms. The fourth-order valence-electron chi connectivity index (χ4n) is 3.02. The normalized spacial score (nSPS) is 17.0. The summed E-state index contributed by atoms with van der Waals surface area (Å²) in [6.07, 6.45) is 4.74. The third-order valence-corrected chi connectivity index (χ3v) is 5.04. The van der Waals surface area contributed by atoms with E-state index in [0.717, 1.165) is 0 Å². The molecule has 1 unspecified atom stereocenters. The Bertz CT molecular complexity index is 966. The number of benzene rings is 1. The number of urea groups is 1. The zero-order chi connectivity index (χ0) is 20.4. The molecule has 8 heteroatoms. The number of dihydropyridines is 1. The molecule has 1 heterocycles. The maximum absolute atomic E-state index is 14.1. The first kappa shape index (κ1) is 19.9. The minimum atomic E-state index is -0.618. The Hall–Kier alpha value is -2.80. The van der Waals surface area contributed by atoms with Gasteiger partial charge >= 0.3 is 6.03 Å².